The van der Waals surface area contributed by atoms with Crippen LogP contribution in [0.25, 0.3) is 0 Å². The van der Waals surface area contributed by atoms with Gasteiger partial charge in [0.2, 0.25) is 11.8 Å². The summed E-state index contributed by atoms with van der Waals surface area (Å²) in [5.41, 5.74) is -0.173. The van der Waals surface area contributed by atoms with Crippen LogP contribution in [0.2, 0.25) is 0 Å². The number of amides is 2. The molecule has 25 heavy (non-hydrogen) atoms. The van der Waals surface area contributed by atoms with E-state index >= 15 is 0 Å². The van der Waals surface area contributed by atoms with Crippen molar-refractivity contribution in [3.63, 3.8) is 0 Å². The van der Waals surface area contributed by atoms with Gasteiger partial charge in [-0.1, -0.05) is 0 Å². The molecule has 2 rings (SSSR count). The Bertz CT molecular complexity index is 415. The third kappa shape index (κ3) is 9.08. The molecule has 0 aromatic rings. The van der Waals surface area contributed by atoms with Crippen molar-refractivity contribution in [3.8, 4) is 0 Å². The largest absolute Gasteiger partial charge is 0.354 e. The molecule has 148 valence electrons. The summed E-state index contributed by atoms with van der Waals surface area (Å²) >= 11 is 0. The van der Waals surface area contributed by atoms with Crippen molar-refractivity contribution in [3.05, 3.63) is 0 Å². The van der Waals surface area contributed by atoms with E-state index in [1.807, 2.05) is 20.8 Å². The van der Waals surface area contributed by atoms with Crippen molar-refractivity contribution in [2.75, 3.05) is 32.7 Å². The Morgan fingerprint density at radius 1 is 1.12 bits per heavy atom. The third-order valence-corrected chi connectivity index (χ3v) is 4.53. The number of hydrogen-bond acceptors (Lipinski definition) is 4. The Kier molecular flexibility index (Phi) is 11.0. The van der Waals surface area contributed by atoms with Crippen LogP contribution in [0, 0.1) is 5.92 Å². The number of halogens is 2. The van der Waals surface area contributed by atoms with Crippen LogP contribution in [0.4, 0.5) is 0 Å². The first-order chi connectivity index (χ1) is 10.8. The molecule has 8 heteroatoms. The molecule has 0 saturated carbocycles. The maximum Gasteiger partial charge on any atom is 0.237 e. The molecule has 1 atom stereocenters. The van der Waals surface area contributed by atoms with E-state index in [2.05, 4.69) is 20.9 Å². The molecule has 0 spiro atoms. The highest BCUT2D eigenvalue weighted by molar-refractivity contribution is 5.85. The zero-order valence-electron chi connectivity index (χ0n) is 15.6. The quantitative estimate of drug-likeness (QED) is 0.655. The van der Waals surface area contributed by atoms with Crippen LogP contribution in [0.3, 0.4) is 0 Å². The summed E-state index contributed by atoms with van der Waals surface area (Å²) < 4.78 is 0. The third-order valence-electron chi connectivity index (χ3n) is 4.53. The molecule has 2 aliphatic heterocycles. The van der Waals surface area contributed by atoms with Crippen molar-refractivity contribution in [2.45, 2.75) is 58.0 Å². The summed E-state index contributed by atoms with van der Waals surface area (Å²) in [6, 6.07) is 0.0104. The predicted molar refractivity (Wildman–Crippen MR) is 106 cm³/mol. The van der Waals surface area contributed by atoms with Gasteiger partial charge in [-0.15, -0.1) is 24.8 Å². The monoisotopic (exact) mass is 396 g/mol. The molecule has 0 radical (unpaired) electrons. The van der Waals surface area contributed by atoms with Gasteiger partial charge in [0.15, 0.2) is 0 Å². The number of carbonyl (C=O) groups excluding carboxylic acids is 2. The summed E-state index contributed by atoms with van der Waals surface area (Å²) in [6.45, 7) is 10.0. The normalized spacial score (nSPS) is 21.8. The van der Waals surface area contributed by atoms with Crippen LogP contribution in [-0.4, -0.2) is 61.0 Å². The first-order valence-corrected chi connectivity index (χ1v) is 8.88. The maximum atomic E-state index is 12.0. The molecule has 0 aliphatic carbocycles. The first-order valence-electron chi connectivity index (χ1n) is 8.88. The average Bonchev–Trinajstić information content (AvgIpc) is 2.98. The van der Waals surface area contributed by atoms with E-state index in [0.717, 1.165) is 51.9 Å². The van der Waals surface area contributed by atoms with Crippen molar-refractivity contribution < 1.29 is 9.59 Å². The van der Waals surface area contributed by atoms with Crippen LogP contribution < -0.4 is 16.0 Å². The van der Waals surface area contributed by atoms with Crippen molar-refractivity contribution in [1.82, 2.24) is 20.9 Å². The highest BCUT2D eigenvalue weighted by Crippen LogP contribution is 2.16. The Morgan fingerprint density at radius 3 is 2.28 bits per heavy atom. The SMILES string of the molecule is CC(C)(C)NC(=O)CN1CCC(CNC(=O)C2CCCN2)CC1.Cl.Cl. The Balaban J connectivity index is 0.00000288. The van der Waals surface area contributed by atoms with Crippen LogP contribution in [0.1, 0.15) is 46.5 Å². The minimum atomic E-state index is -0.173. The molecule has 1 unspecified atom stereocenters. The van der Waals surface area contributed by atoms with Crippen molar-refractivity contribution >= 4 is 36.6 Å². The van der Waals surface area contributed by atoms with Gasteiger partial charge >= 0.3 is 0 Å². The van der Waals surface area contributed by atoms with Crippen molar-refractivity contribution in [2.24, 2.45) is 5.92 Å². The van der Waals surface area contributed by atoms with Gasteiger partial charge in [-0.25, -0.2) is 0 Å². The lowest BCUT2D eigenvalue weighted by molar-refractivity contribution is -0.124. The fourth-order valence-electron chi connectivity index (χ4n) is 3.29. The lowest BCUT2D eigenvalue weighted by Gasteiger charge is -2.32. The zero-order valence-corrected chi connectivity index (χ0v) is 17.2. The fraction of sp³-hybridized carbons (Fsp3) is 0.882. The lowest BCUT2D eigenvalue weighted by atomic mass is 9.96. The molecule has 6 nitrogen and oxygen atoms in total. The molecular formula is C17H34Cl2N4O2. The van der Waals surface area contributed by atoms with Crippen LogP contribution in [-0.2, 0) is 9.59 Å². The topological polar surface area (TPSA) is 73.5 Å². The molecule has 0 bridgehead atoms. The predicted octanol–water partition coefficient (Wildman–Crippen LogP) is 1.32. The zero-order chi connectivity index (χ0) is 16.9. The summed E-state index contributed by atoms with van der Waals surface area (Å²) in [4.78, 5) is 26.2. The van der Waals surface area contributed by atoms with Crippen molar-refractivity contribution in [1.29, 1.82) is 0 Å². The number of rotatable bonds is 5. The minimum absolute atomic E-state index is 0. The molecule has 0 aromatic carbocycles. The van der Waals surface area contributed by atoms with Gasteiger partial charge in [-0.2, -0.15) is 0 Å². The van der Waals surface area contributed by atoms with Gasteiger partial charge in [-0.05, 0) is 72.0 Å². The number of carbonyl (C=O) groups is 2. The first kappa shape index (κ1) is 24.4. The molecule has 0 aromatic heterocycles. The summed E-state index contributed by atoms with van der Waals surface area (Å²) in [7, 11) is 0. The summed E-state index contributed by atoms with van der Waals surface area (Å²) in [6.07, 6.45) is 4.13. The number of likely N-dealkylation sites (tertiary alicyclic amines) is 1. The Labute approximate surface area is 164 Å². The van der Waals surface area contributed by atoms with Crippen LogP contribution in [0.15, 0.2) is 0 Å². The van der Waals surface area contributed by atoms with Gasteiger partial charge in [0, 0.05) is 12.1 Å². The lowest BCUT2D eigenvalue weighted by Crippen LogP contribution is -2.48. The van der Waals surface area contributed by atoms with Gasteiger partial charge in [0.1, 0.15) is 0 Å². The van der Waals surface area contributed by atoms with E-state index in [4.69, 9.17) is 0 Å². The van der Waals surface area contributed by atoms with Gasteiger partial charge in [0.25, 0.3) is 0 Å². The molecular weight excluding hydrogens is 363 g/mol. The minimum Gasteiger partial charge on any atom is -0.354 e. The van der Waals surface area contributed by atoms with Crippen LogP contribution >= 0.6 is 24.8 Å². The molecule has 2 aliphatic rings. The summed E-state index contributed by atoms with van der Waals surface area (Å²) in [5.74, 6) is 0.772. The highest BCUT2D eigenvalue weighted by atomic mass is 35.5. The second kappa shape index (κ2) is 11.2. The highest BCUT2D eigenvalue weighted by Gasteiger charge is 2.25. The van der Waals surface area contributed by atoms with Crippen LogP contribution in [0.5, 0.6) is 0 Å². The average molecular weight is 397 g/mol. The number of hydrogen-bond donors (Lipinski definition) is 3. The second-order valence-electron chi connectivity index (χ2n) is 7.91. The molecule has 2 amide bonds. The maximum absolute atomic E-state index is 12.0. The number of nitrogens with zero attached hydrogens (tertiary/aromatic N) is 1. The van der Waals surface area contributed by atoms with E-state index in [1.54, 1.807) is 0 Å². The smallest absolute Gasteiger partial charge is 0.237 e. The standard InChI is InChI=1S/C17H32N4O2.2ClH/c1-17(2,3)20-15(22)12-21-9-6-13(7-10-21)11-19-16(23)14-5-4-8-18-14;;/h13-14,18H,4-12H2,1-3H3,(H,19,23)(H,20,22);2*1H. The van der Waals surface area contributed by atoms with E-state index in [1.165, 1.54) is 0 Å². The van der Waals surface area contributed by atoms with Gasteiger partial charge in [-0.3, -0.25) is 14.5 Å². The van der Waals surface area contributed by atoms with E-state index in [9.17, 15) is 9.59 Å². The van der Waals surface area contributed by atoms with E-state index in [0.29, 0.717) is 12.5 Å². The van der Waals surface area contributed by atoms with Gasteiger partial charge in [0.05, 0.1) is 12.6 Å². The molecule has 2 saturated heterocycles. The van der Waals surface area contributed by atoms with E-state index < -0.39 is 0 Å². The Morgan fingerprint density at radius 2 is 1.76 bits per heavy atom. The number of piperidine rings is 1. The Hall–Kier alpha value is -0.560. The summed E-state index contributed by atoms with van der Waals surface area (Å²) in [5, 5.41) is 9.31. The number of nitrogens with one attached hydrogen (secondary N) is 3. The van der Waals surface area contributed by atoms with Gasteiger partial charge < -0.3 is 16.0 Å². The molecule has 2 fully saturated rings. The second-order valence-corrected chi connectivity index (χ2v) is 7.91. The molecule has 3 N–H and O–H groups in total. The van der Waals surface area contributed by atoms with E-state index in [-0.39, 0.29) is 48.2 Å². The fourth-order valence-corrected chi connectivity index (χ4v) is 3.29. The molecule has 2 heterocycles.